The number of nitrogens with one attached hydrogen (secondary N) is 1. The topological polar surface area (TPSA) is 60.5 Å². The van der Waals surface area contributed by atoms with E-state index in [2.05, 4.69) is 22.4 Å². The molecule has 0 atom stereocenters. The van der Waals surface area contributed by atoms with Crippen LogP contribution in [0.15, 0.2) is 83.0 Å². The fourth-order valence-corrected chi connectivity index (χ4v) is 3.85. The van der Waals surface area contributed by atoms with Crippen LogP contribution in [0.2, 0.25) is 0 Å². The molecule has 0 aliphatic heterocycles. The zero-order valence-corrected chi connectivity index (χ0v) is 17.4. The number of methoxy groups -OCH3 is 2. The number of hydrogen-bond acceptors (Lipinski definition) is 6. The standard InChI is InChI=1S/C24H20N2O3S/c1-28-20-12-19(13-21(14-20)29-2)25-24-26-23(27)22(15-30-24)18-10-8-17(9-11-18)16-6-4-3-5-7-16/h3-15H,1-2H3,(H,25,26,27). The van der Waals surface area contributed by atoms with Crippen LogP contribution in [0.1, 0.15) is 0 Å². The predicted molar refractivity (Wildman–Crippen MR) is 122 cm³/mol. The Kier molecular flexibility index (Phi) is 5.77. The van der Waals surface area contributed by atoms with Gasteiger partial charge in [0.05, 0.1) is 19.8 Å². The Morgan fingerprint density at radius 3 is 2.00 bits per heavy atom. The molecule has 0 spiro atoms. The zero-order valence-electron chi connectivity index (χ0n) is 16.6. The Bertz CT molecular complexity index is 1180. The maximum absolute atomic E-state index is 12.6. The summed E-state index contributed by atoms with van der Waals surface area (Å²) in [5, 5.41) is 5.48. The first kappa shape index (κ1) is 19.7. The molecule has 150 valence electrons. The van der Waals surface area contributed by atoms with Crippen molar-refractivity contribution in [3.05, 3.63) is 88.5 Å². The lowest BCUT2D eigenvalue weighted by atomic mass is 10.0. The minimum Gasteiger partial charge on any atom is -0.497 e. The molecule has 4 aromatic rings. The number of aromatic nitrogens is 1. The van der Waals surface area contributed by atoms with Crippen LogP contribution >= 0.6 is 11.3 Å². The number of benzene rings is 3. The van der Waals surface area contributed by atoms with Gasteiger partial charge in [-0.3, -0.25) is 4.79 Å². The highest BCUT2D eigenvalue weighted by Gasteiger charge is 2.09. The molecular formula is C24H20N2O3S. The van der Waals surface area contributed by atoms with Crippen molar-refractivity contribution in [3.63, 3.8) is 0 Å². The van der Waals surface area contributed by atoms with E-state index in [1.807, 2.05) is 60.0 Å². The van der Waals surface area contributed by atoms with Crippen molar-refractivity contribution in [2.24, 2.45) is 0 Å². The Morgan fingerprint density at radius 2 is 1.40 bits per heavy atom. The molecule has 0 fully saturated rings. The van der Waals surface area contributed by atoms with Crippen LogP contribution in [0.25, 0.3) is 22.3 Å². The number of anilines is 2. The average Bonchev–Trinajstić information content (AvgIpc) is 2.79. The fraction of sp³-hybridized carbons (Fsp3) is 0.0833. The molecule has 1 N–H and O–H groups in total. The van der Waals surface area contributed by atoms with E-state index < -0.39 is 0 Å². The molecule has 30 heavy (non-hydrogen) atoms. The first-order valence-electron chi connectivity index (χ1n) is 9.32. The third-order valence-corrected chi connectivity index (χ3v) is 5.40. The molecule has 1 aromatic heterocycles. The van der Waals surface area contributed by atoms with Crippen LogP contribution in [0, 0.1) is 0 Å². The highest BCUT2D eigenvalue weighted by atomic mass is 32.1. The molecule has 0 unspecified atom stereocenters. The van der Waals surface area contributed by atoms with Crippen molar-refractivity contribution in [1.82, 2.24) is 4.98 Å². The maximum atomic E-state index is 12.6. The summed E-state index contributed by atoms with van der Waals surface area (Å²) in [5.74, 6) is 1.30. The van der Waals surface area contributed by atoms with Crippen LogP contribution in [0.3, 0.4) is 0 Å². The summed E-state index contributed by atoms with van der Waals surface area (Å²) in [6, 6.07) is 23.5. The molecule has 4 rings (SSSR count). The van der Waals surface area contributed by atoms with Crippen LogP contribution in [-0.4, -0.2) is 19.2 Å². The van der Waals surface area contributed by atoms with E-state index in [9.17, 15) is 4.79 Å². The lowest BCUT2D eigenvalue weighted by Gasteiger charge is -2.10. The van der Waals surface area contributed by atoms with Gasteiger partial charge >= 0.3 is 0 Å². The van der Waals surface area contributed by atoms with E-state index in [0.29, 0.717) is 22.2 Å². The van der Waals surface area contributed by atoms with E-state index >= 15 is 0 Å². The van der Waals surface area contributed by atoms with Crippen molar-refractivity contribution >= 4 is 22.2 Å². The summed E-state index contributed by atoms with van der Waals surface area (Å²) in [6.07, 6.45) is 0. The normalized spacial score (nSPS) is 10.5. The van der Waals surface area contributed by atoms with Gasteiger partial charge in [0.25, 0.3) is 5.56 Å². The maximum Gasteiger partial charge on any atom is 0.281 e. The number of rotatable bonds is 6. The molecule has 0 saturated heterocycles. The summed E-state index contributed by atoms with van der Waals surface area (Å²) in [7, 11) is 3.18. The molecule has 0 amide bonds. The van der Waals surface area contributed by atoms with E-state index in [4.69, 9.17) is 9.47 Å². The second-order valence-electron chi connectivity index (χ2n) is 6.54. The Labute approximate surface area is 178 Å². The summed E-state index contributed by atoms with van der Waals surface area (Å²) < 4.78 is 10.6. The van der Waals surface area contributed by atoms with Crippen LogP contribution in [0.4, 0.5) is 10.8 Å². The molecule has 0 aliphatic rings. The van der Waals surface area contributed by atoms with Crippen LogP contribution in [-0.2, 0) is 0 Å². The van der Waals surface area contributed by atoms with Crippen LogP contribution in [0.5, 0.6) is 11.5 Å². The van der Waals surface area contributed by atoms with E-state index in [1.54, 1.807) is 20.3 Å². The molecule has 1 heterocycles. The van der Waals surface area contributed by atoms with Gasteiger partial charge in [0.15, 0.2) is 5.13 Å². The third-order valence-electron chi connectivity index (χ3n) is 4.63. The first-order valence-corrected chi connectivity index (χ1v) is 10.2. The Morgan fingerprint density at radius 1 is 0.800 bits per heavy atom. The molecule has 5 nitrogen and oxygen atoms in total. The third kappa shape index (κ3) is 4.34. The van der Waals surface area contributed by atoms with Crippen molar-refractivity contribution in [2.75, 3.05) is 19.5 Å². The highest BCUT2D eigenvalue weighted by molar-refractivity contribution is 7.13. The van der Waals surface area contributed by atoms with Gasteiger partial charge in [-0.15, -0.1) is 11.3 Å². The number of hydrogen-bond donors (Lipinski definition) is 1. The summed E-state index contributed by atoms with van der Waals surface area (Å²) >= 11 is 1.37. The van der Waals surface area contributed by atoms with E-state index in [1.165, 1.54) is 11.3 Å². The lowest BCUT2D eigenvalue weighted by Crippen LogP contribution is -2.09. The van der Waals surface area contributed by atoms with Gasteiger partial charge in [0, 0.05) is 29.3 Å². The van der Waals surface area contributed by atoms with Gasteiger partial charge in [0.2, 0.25) is 0 Å². The quantitative estimate of drug-likeness (QED) is 0.443. The monoisotopic (exact) mass is 416 g/mol. The zero-order chi connectivity index (χ0) is 20.9. The minimum atomic E-state index is -0.279. The Hall–Kier alpha value is -3.64. The number of ether oxygens (including phenoxy) is 2. The second kappa shape index (κ2) is 8.80. The second-order valence-corrected chi connectivity index (χ2v) is 7.40. The van der Waals surface area contributed by atoms with Crippen molar-refractivity contribution < 1.29 is 9.47 Å². The van der Waals surface area contributed by atoms with Gasteiger partial charge in [-0.1, -0.05) is 54.6 Å². The van der Waals surface area contributed by atoms with Gasteiger partial charge in [-0.05, 0) is 16.7 Å². The van der Waals surface area contributed by atoms with Crippen molar-refractivity contribution in [3.8, 4) is 33.8 Å². The SMILES string of the molecule is COc1cc(Nc2nc(=O)c(-c3ccc(-c4ccccc4)cc3)cs2)cc(OC)c1. The summed E-state index contributed by atoms with van der Waals surface area (Å²) in [4.78, 5) is 16.8. The predicted octanol–water partition coefficient (Wildman–Crippen LogP) is 5.60. The molecule has 0 aliphatic carbocycles. The van der Waals surface area contributed by atoms with Gasteiger partial charge in [-0.25, -0.2) is 0 Å². The summed E-state index contributed by atoms with van der Waals surface area (Å²) in [5.41, 5.74) is 4.12. The van der Waals surface area contributed by atoms with E-state index in [0.717, 1.165) is 22.4 Å². The first-order chi connectivity index (χ1) is 14.7. The van der Waals surface area contributed by atoms with Gasteiger partial charge < -0.3 is 14.8 Å². The molecule has 6 heteroatoms. The molecule has 3 aromatic carbocycles. The smallest absolute Gasteiger partial charge is 0.281 e. The number of nitrogens with zero attached hydrogens (tertiary/aromatic N) is 1. The summed E-state index contributed by atoms with van der Waals surface area (Å²) in [6.45, 7) is 0. The van der Waals surface area contributed by atoms with Crippen LogP contribution < -0.4 is 20.3 Å². The molecule has 0 bridgehead atoms. The minimum absolute atomic E-state index is 0.279. The Balaban J connectivity index is 1.57. The largest absolute Gasteiger partial charge is 0.497 e. The van der Waals surface area contributed by atoms with Crippen molar-refractivity contribution in [2.45, 2.75) is 0 Å². The van der Waals surface area contributed by atoms with Crippen molar-refractivity contribution in [1.29, 1.82) is 0 Å². The fourth-order valence-electron chi connectivity index (χ4n) is 3.07. The highest BCUT2D eigenvalue weighted by Crippen LogP contribution is 2.29. The molecular weight excluding hydrogens is 396 g/mol. The lowest BCUT2D eigenvalue weighted by molar-refractivity contribution is 0.395. The van der Waals surface area contributed by atoms with Gasteiger partial charge in [-0.2, -0.15) is 4.98 Å². The molecule has 0 radical (unpaired) electrons. The molecule has 0 saturated carbocycles. The van der Waals surface area contributed by atoms with Gasteiger partial charge in [0.1, 0.15) is 11.5 Å². The average molecular weight is 417 g/mol. The van der Waals surface area contributed by atoms with E-state index in [-0.39, 0.29) is 5.56 Å².